The maximum atomic E-state index is 12.0. The van der Waals surface area contributed by atoms with E-state index in [1.54, 1.807) is 12.1 Å². The van der Waals surface area contributed by atoms with Gasteiger partial charge >= 0.3 is 0 Å². The van der Waals surface area contributed by atoms with Gasteiger partial charge in [0, 0.05) is 23.2 Å². The number of halogens is 1. The smallest absolute Gasteiger partial charge is 0.224 e. The number of hydrogen-bond donors (Lipinski definition) is 2. The third-order valence-corrected chi connectivity index (χ3v) is 5.39. The third-order valence-electron chi connectivity index (χ3n) is 5.14. The maximum Gasteiger partial charge on any atom is 0.224 e. The first-order valence-corrected chi connectivity index (χ1v) is 9.92. The molecular formula is C22H27ClN2O. The minimum absolute atomic E-state index is 0.0573. The first-order chi connectivity index (χ1) is 12.7. The number of amides is 1. The van der Waals surface area contributed by atoms with Crippen LogP contribution in [0, 0.1) is 0 Å². The number of carbonyl (C=O) groups excluding carboxylic acids is 1. The van der Waals surface area contributed by atoms with Crippen molar-refractivity contribution in [3.05, 3.63) is 65.2 Å². The van der Waals surface area contributed by atoms with E-state index < -0.39 is 0 Å². The Bertz CT molecular complexity index is 679. The number of benzene rings is 2. The minimum Gasteiger partial charge on any atom is -0.326 e. The topological polar surface area (TPSA) is 41.1 Å². The van der Waals surface area contributed by atoms with E-state index in [1.807, 2.05) is 12.1 Å². The average Bonchev–Trinajstić information content (AvgIpc) is 2.68. The Balaban J connectivity index is 1.30. The quantitative estimate of drug-likeness (QED) is 0.643. The highest BCUT2D eigenvalue weighted by Crippen LogP contribution is 2.32. The SMILES string of the molecule is O=C(CCCNC1CCC(c2ccccc2)CC1)Nc1ccc(Cl)cc1. The van der Waals surface area contributed by atoms with Crippen LogP contribution in [-0.4, -0.2) is 18.5 Å². The van der Waals surface area contributed by atoms with Gasteiger partial charge in [-0.1, -0.05) is 41.9 Å². The summed E-state index contributed by atoms with van der Waals surface area (Å²) in [6.45, 7) is 0.898. The van der Waals surface area contributed by atoms with E-state index >= 15 is 0 Å². The number of anilines is 1. The van der Waals surface area contributed by atoms with E-state index in [-0.39, 0.29) is 5.91 Å². The molecular weight excluding hydrogens is 344 g/mol. The first-order valence-electron chi connectivity index (χ1n) is 9.54. The van der Waals surface area contributed by atoms with Crippen LogP contribution >= 0.6 is 11.6 Å². The molecule has 0 heterocycles. The molecule has 2 N–H and O–H groups in total. The third kappa shape index (κ3) is 5.86. The molecule has 2 aromatic rings. The lowest BCUT2D eigenvalue weighted by atomic mass is 9.82. The summed E-state index contributed by atoms with van der Waals surface area (Å²) >= 11 is 5.85. The molecule has 1 saturated carbocycles. The van der Waals surface area contributed by atoms with Crippen molar-refractivity contribution in [1.29, 1.82) is 0 Å². The predicted molar refractivity (Wildman–Crippen MR) is 109 cm³/mol. The van der Waals surface area contributed by atoms with Crippen molar-refractivity contribution in [2.45, 2.75) is 50.5 Å². The Morgan fingerprint density at radius 1 is 0.962 bits per heavy atom. The zero-order chi connectivity index (χ0) is 18.2. The fourth-order valence-electron chi connectivity index (χ4n) is 3.67. The molecule has 4 heteroatoms. The fourth-order valence-corrected chi connectivity index (χ4v) is 3.79. The van der Waals surface area contributed by atoms with E-state index in [9.17, 15) is 4.79 Å². The highest BCUT2D eigenvalue weighted by atomic mass is 35.5. The molecule has 0 bridgehead atoms. The normalized spacial score (nSPS) is 19.9. The van der Waals surface area contributed by atoms with Crippen molar-refractivity contribution in [3.8, 4) is 0 Å². The van der Waals surface area contributed by atoms with Gasteiger partial charge in [-0.2, -0.15) is 0 Å². The van der Waals surface area contributed by atoms with Crippen LogP contribution in [0.15, 0.2) is 54.6 Å². The molecule has 1 aliphatic rings. The number of rotatable bonds is 7. The first kappa shape index (κ1) is 18.9. The van der Waals surface area contributed by atoms with E-state index in [4.69, 9.17) is 11.6 Å². The van der Waals surface area contributed by atoms with Crippen LogP contribution < -0.4 is 10.6 Å². The molecule has 0 radical (unpaired) electrons. The van der Waals surface area contributed by atoms with Crippen LogP contribution in [0.25, 0.3) is 0 Å². The van der Waals surface area contributed by atoms with Gasteiger partial charge in [0.1, 0.15) is 0 Å². The molecule has 0 atom stereocenters. The molecule has 3 nitrogen and oxygen atoms in total. The van der Waals surface area contributed by atoms with Crippen LogP contribution in [0.5, 0.6) is 0 Å². The number of hydrogen-bond acceptors (Lipinski definition) is 2. The lowest BCUT2D eigenvalue weighted by Crippen LogP contribution is -2.33. The zero-order valence-electron chi connectivity index (χ0n) is 15.1. The fraction of sp³-hybridized carbons (Fsp3) is 0.409. The Hall–Kier alpha value is -1.84. The zero-order valence-corrected chi connectivity index (χ0v) is 15.8. The summed E-state index contributed by atoms with van der Waals surface area (Å²) < 4.78 is 0. The second-order valence-corrected chi connectivity index (χ2v) is 7.51. The van der Waals surface area contributed by atoms with Gasteiger partial charge in [-0.3, -0.25) is 4.79 Å². The highest BCUT2D eigenvalue weighted by Gasteiger charge is 2.21. The van der Waals surface area contributed by atoms with Gasteiger partial charge in [0.05, 0.1) is 0 Å². The molecule has 0 unspecified atom stereocenters. The largest absolute Gasteiger partial charge is 0.326 e. The van der Waals surface area contributed by atoms with Gasteiger partial charge in [0.15, 0.2) is 0 Å². The molecule has 2 aromatic carbocycles. The molecule has 0 aromatic heterocycles. The van der Waals surface area contributed by atoms with E-state index in [0.717, 1.165) is 18.7 Å². The van der Waals surface area contributed by atoms with E-state index in [0.29, 0.717) is 23.4 Å². The van der Waals surface area contributed by atoms with Crippen LogP contribution in [0.1, 0.15) is 50.0 Å². The second-order valence-electron chi connectivity index (χ2n) is 7.07. The molecule has 0 saturated heterocycles. The standard InChI is InChI=1S/C22H27ClN2O/c23-19-10-14-21(15-11-19)25-22(26)7-4-16-24-20-12-8-18(9-13-20)17-5-2-1-3-6-17/h1-3,5-6,10-11,14-15,18,20,24H,4,7-9,12-13,16H2,(H,25,26). The lowest BCUT2D eigenvalue weighted by molar-refractivity contribution is -0.116. The molecule has 0 aliphatic heterocycles. The van der Waals surface area contributed by atoms with E-state index in [1.165, 1.54) is 31.2 Å². The van der Waals surface area contributed by atoms with Crippen molar-refractivity contribution >= 4 is 23.2 Å². The number of nitrogens with one attached hydrogen (secondary N) is 2. The molecule has 1 amide bonds. The van der Waals surface area contributed by atoms with Gasteiger partial charge in [-0.15, -0.1) is 0 Å². The van der Waals surface area contributed by atoms with Gasteiger partial charge in [0.2, 0.25) is 5.91 Å². The minimum atomic E-state index is 0.0573. The summed E-state index contributed by atoms with van der Waals surface area (Å²) in [5.41, 5.74) is 2.27. The van der Waals surface area contributed by atoms with Crippen molar-refractivity contribution in [1.82, 2.24) is 5.32 Å². The number of carbonyl (C=O) groups is 1. The Kier molecular flexibility index (Phi) is 7.10. The highest BCUT2D eigenvalue weighted by molar-refractivity contribution is 6.30. The summed E-state index contributed by atoms with van der Waals surface area (Å²) in [5, 5.41) is 7.20. The molecule has 138 valence electrons. The molecule has 0 spiro atoms. The lowest BCUT2D eigenvalue weighted by Gasteiger charge is -2.29. The second kappa shape index (κ2) is 9.75. The summed E-state index contributed by atoms with van der Waals surface area (Å²) in [6.07, 6.45) is 6.33. The van der Waals surface area contributed by atoms with Gasteiger partial charge in [-0.05, 0) is 74.4 Å². The summed E-state index contributed by atoms with van der Waals surface area (Å²) in [6, 6.07) is 18.6. The molecule has 3 rings (SSSR count). The summed E-state index contributed by atoms with van der Waals surface area (Å²) in [7, 11) is 0. The van der Waals surface area contributed by atoms with Crippen molar-refractivity contribution in [2.24, 2.45) is 0 Å². The van der Waals surface area contributed by atoms with Gasteiger partial charge in [-0.25, -0.2) is 0 Å². The predicted octanol–water partition coefficient (Wildman–Crippen LogP) is 5.37. The summed E-state index contributed by atoms with van der Waals surface area (Å²) in [4.78, 5) is 12.0. The Morgan fingerprint density at radius 3 is 2.35 bits per heavy atom. The van der Waals surface area contributed by atoms with Crippen LogP contribution in [0.2, 0.25) is 5.02 Å². The van der Waals surface area contributed by atoms with Gasteiger partial charge in [0.25, 0.3) is 0 Å². The van der Waals surface area contributed by atoms with Crippen molar-refractivity contribution in [2.75, 3.05) is 11.9 Å². The molecule has 1 fully saturated rings. The molecule has 1 aliphatic carbocycles. The van der Waals surface area contributed by atoms with Crippen LogP contribution in [0.3, 0.4) is 0 Å². The van der Waals surface area contributed by atoms with Crippen LogP contribution in [-0.2, 0) is 4.79 Å². The summed E-state index contributed by atoms with van der Waals surface area (Å²) in [5.74, 6) is 0.765. The van der Waals surface area contributed by atoms with Gasteiger partial charge < -0.3 is 10.6 Å². The maximum absolute atomic E-state index is 12.0. The Morgan fingerprint density at radius 2 is 1.65 bits per heavy atom. The monoisotopic (exact) mass is 370 g/mol. The van der Waals surface area contributed by atoms with E-state index in [2.05, 4.69) is 41.0 Å². The van der Waals surface area contributed by atoms with Crippen molar-refractivity contribution < 1.29 is 4.79 Å². The molecule has 26 heavy (non-hydrogen) atoms. The Labute approximate surface area is 161 Å². The average molecular weight is 371 g/mol. The van der Waals surface area contributed by atoms with Crippen LogP contribution in [0.4, 0.5) is 5.69 Å². The van der Waals surface area contributed by atoms with Crippen molar-refractivity contribution in [3.63, 3.8) is 0 Å².